The van der Waals surface area contributed by atoms with E-state index >= 15 is 0 Å². The molecule has 1 aliphatic rings. The number of rotatable bonds is 9. The molecule has 0 saturated carbocycles. The summed E-state index contributed by atoms with van der Waals surface area (Å²) >= 11 is 1.62. The minimum atomic E-state index is -0.541. The molecule has 1 unspecified atom stereocenters. The van der Waals surface area contributed by atoms with Gasteiger partial charge in [-0.2, -0.15) is 4.98 Å². The van der Waals surface area contributed by atoms with Crippen LogP contribution in [0.25, 0.3) is 0 Å². The van der Waals surface area contributed by atoms with Crippen LogP contribution in [0.3, 0.4) is 0 Å². The zero-order valence-corrected chi connectivity index (χ0v) is 22.5. The highest BCUT2D eigenvalue weighted by molar-refractivity contribution is 7.99. The quantitative estimate of drug-likeness (QED) is 0.282. The molecule has 190 valence electrons. The number of thioether (sulfide) groups is 1. The van der Waals surface area contributed by atoms with Gasteiger partial charge in [-0.25, -0.2) is 4.68 Å². The number of nitrogens with one attached hydrogen (secondary N) is 2. The van der Waals surface area contributed by atoms with Crippen LogP contribution in [0.5, 0.6) is 11.5 Å². The fourth-order valence-electron chi connectivity index (χ4n) is 4.20. The van der Waals surface area contributed by atoms with Crippen molar-refractivity contribution < 1.29 is 14.3 Å². The number of fused-ring (bicyclic) bond motifs is 1. The number of aryl methyl sites for hydroxylation is 1. The Bertz CT molecular complexity index is 1300. The van der Waals surface area contributed by atoms with Crippen LogP contribution >= 0.6 is 11.8 Å². The summed E-state index contributed by atoms with van der Waals surface area (Å²) in [5.74, 6) is 2.59. The Labute approximate surface area is 216 Å². The van der Waals surface area contributed by atoms with Gasteiger partial charge in [0.05, 0.1) is 19.8 Å². The summed E-state index contributed by atoms with van der Waals surface area (Å²) in [5, 5.41) is 11.9. The summed E-state index contributed by atoms with van der Waals surface area (Å²) in [4.78, 5) is 18.5. The predicted octanol–water partition coefficient (Wildman–Crippen LogP) is 5.73. The summed E-state index contributed by atoms with van der Waals surface area (Å²) in [6, 6.07) is 10.9. The Morgan fingerprint density at radius 3 is 2.69 bits per heavy atom. The molecule has 4 rings (SSSR count). The average Bonchev–Trinajstić information content (AvgIpc) is 3.27. The second-order valence-corrected chi connectivity index (χ2v) is 9.80. The Morgan fingerprint density at radius 2 is 1.97 bits per heavy atom. The topological polar surface area (TPSA) is 90.3 Å². The lowest BCUT2D eigenvalue weighted by Crippen LogP contribution is -2.32. The molecule has 8 nitrogen and oxygen atoms in total. The van der Waals surface area contributed by atoms with Gasteiger partial charge in [0.2, 0.25) is 11.1 Å². The Balaban J connectivity index is 1.80. The molecular weight excluding hydrogens is 474 g/mol. The van der Waals surface area contributed by atoms with Gasteiger partial charge < -0.3 is 20.1 Å². The van der Waals surface area contributed by atoms with E-state index in [1.165, 1.54) is 0 Å². The van der Waals surface area contributed by atoms with Crippen molar-refractivity contribution in [3.05, 3.63) is 64.4 Å². The van der Waals surface area contributed by atoms with E-state index in [-0.39, 0.29) is 5.91 Å². The summed E-state index contributed by atoms with van der Waals surface area (Å²) in [7, 11) is 3.22. The number of benzene rings is 2. The zero-order valence-electron chi connectivity index (χ0n) is 21.6. The number of hydrogen-bond donors (Lipinski definition) is 2. The molecule has 1 aromatic heterocycles. The van der Waals surface area contributed by atoms with Crippen molar-refractivity contribution in [3.8, 4) is 11.5 Å². The molecule has 1 aliphatic heterocycles. The highest BCUT2D eigenvalue weighted by Gasteiger charge is 2.36. The molecule has 2 aromatic carbocycles. The van der Waals surface area contributed by atoms with Crippen molar-refractivity contribution >= 4 is 29.3 Å². The van der Waals surface area contributed by atoms with Gasteiger partial charge in [-0.1, -0.05) is 37.2 Å². The fourth-order valence-corrected chi connectivity index (χ4v) is 5.11. The molecule has 1 atom stereocenters. The first-order valence-electron chi connectivity index (χ1n) is 12.0. The number of aromatic nitrogens is 3. The third-order valence-corrected chi connectivity index (χ3v) is 7.32. The maximum Gasteiger partial charge on any atom is 0.255 e. The van der Waals surface area contributed by atoms with Crippen LogP contribution in [0.4, 0.5) is 11.6 Å². The van der Waals surface area contributed by atoms with E-state index in [0.29, 0.717) is 33.9 Å². The lowest BCUT2D eigenvalue weighted by Gasteiger charge is -2.29. The number of hydrogen-bond acceptors (Lipinski definition) is 7. The lowest BCUT2D eigenvalue weighted by atomic mass is 9.94. The van der Waals surface area contributed by atoms with E-state index in [0.717, 1.165) is 41.0 Å². The van der Waals surface area contributed by atoms with E-state index in [2.05, 4.69) is 17.6 Å². The Kier molecular flexibility index (Phi) is 7.88. The van der Waals surface area contributed by atoms with Crippen molar-refractivity contribution in [2.75, 3.05) is 30.6 Å². The normalized spacial score (nSPS) is 14.8. The standard InChI is InChI=1S/C27H33N5O3S/c1-7-8-14-36-27-30-26-28-18(4)23(25(33)29-21-11-9-10-16(2)17(21)3)24(32(26)31-27)20-13-12-19(34-5)15-22(20)35-6/h9-13,15,24H,7-8,14H2,1-6H3,(H,29,33)(H,28,30,31). The number of amides is 1. The van der Waals surface area contributed by atoms with Crippen molar-refractivity contribution in [2.24, 2.45) is 0 Å². The van der Waals surface area contributed by atoms with Gasteiger partial charge in [-0.15, -0.1) is 5.10 Å². The zero-order chi connectivity index (χ0) is 25.8. The van der Waals surface area contributed by atoms with E-state index < -0.39 is 6.04 Å². The minimum Gasteiger partial charge on any atom is -0.497 e. The molecule has 3 aromatic rings. The SMILES string of the molecule is CCCCSc1nc2n(n1)C(c1ccc(OC)cc1OC)C(C(=O)Nc1cccc(C)c1C)=C(C)N2. The average molecular weight is 508 g/mol. The highest BCUT2D eigenvalue weighted by atomic mass is 32.2. The summed E-state index contributed by atoms with van der Waals surface area (Å²) in [6.07, 6.45) is 2.19. The van der Waals surface area contributed by atoms with Crippen LogP contribution in [0.15, 0.2) is 52.8 Å². The molecule has 0 saturated heterocycles. The number of allylic oxidation sites excluding steroid dienone is 1. The van der Waals surface area contributed by atoms with Crippen LogP contribution in [0.2, 0.25) is 0 Å². The first-order valence-corrected chi connectivity index (χ1v) is 13.0. The van der Waals surface area contributed by atoms with Crippen LogP contribution in [0.1, 0.15) is 49.4 Å². The first-order chi connectivity index (χ1) is 17.4. The molecule has 1 amide bonds. The molecule has 0 spiro atoms. The van der Waals surface area contributed by atoms with Crippen LogP contribution in [0, 0.1) is 13.8 Å². The molecule has 9 heteroatoms. The molecule has 2 N–H and O–H groups in total. The highest BCUT2D eigenvalue weighted by Crippen LogP contribution is 2.41. The molecule has 36 heavy (non-hydrogen) atoms. The van der Waals surface area contributed by atoms with Crippen molar-refractivity contribution in [3.63, 3.8) is 0 Å². The van der Waals surface area contributed by atoms with Crippen LogP contribution in [-0.4, -0.2) is 40.6 Å². The summed E-state index contributed by atoms with van der Waals surface area (Å²) < 4.78 is 12.9. The van der Waals surface area contributed by atoms with Gasteiger partial charge in [0, 0.05) is 28.8 Å². The fraction of sp³-hybridized carbons (Fsp3) is 0.370. The third-order valence-electron chi connectivity index (χ3n) is 6.39. The summed E-state index contributed by atoms with van der Waals surface area (Å²) in [5.41, 5.74) is 4.97. The monoisotopic (exact) mass is 507 g/mol. The number of nitrogens with zero attached hydrogens (tertiary/aromatic N) is 3. The van der Waals surface area contributed by atoms with Crippen molar-refractivity contribution in [1.82, 2.24) is 14.8 Å². The van der Waals surface area contributed by atoms with Crippen LogP contribution < -0.4 is 20.1 Å². The van der Waals surface area contributed by atoms with E-state index in [4.69, 9.17) is 19.6 Å². The largest absolute Gasteiger partial charge is 0.497 e. The lowest BCUT2D eigenvalue weighted by molar-refractivity contribution is -0.113. The number of ether oxygens (including phenoxy) is 2. The van der Waals surface area contributed by atoms with Crippen LogP contribution in [-0.2, 0) is 4.79 Å². The maximum atomic E-state index is 13.8. The first kappa shape index (κ1) is 25.6. The minimum absolute atomic E-state index is 0.210. The summed E-state index contributed by atoms with van der Waals surface area (Å²) in [6.45, 7) is 8.09. The number of carbonyl (C=O) groups is 1. The van der Waals surface area contributed by atoms with E-state index in [1.54, 1.807) is 30.7 Å². The van der Waals surface area contributed by atoms with Gasteiger partial charge in [0.25, 0.3) is 5.91 Å². The van der Waals surface area contributed by atoms with E-state index in [9.17, 15) is 4.79 Å². The molecular formula is C27H33N5O3S. The molecule has 2 heterocycles. The Morgan fingerprint density at radius 1 is 1.17 bits per heavy atom. The molecule has 0 radical (unpaired) electrons. The smallest absolute Gasteiger partial charge is 0.255 e. The van der Waals surface area contributed by atoms with Crippen molar-refractivity contribution in [2.45, 2.75) is 51.7 Å². The van der Waals surface area contributed by atoms with Crippen molar-refractivity contribution in [1.29, 1.82) is 0 Å². The second-order valence-electron chi connectivity index (χ2n) is 8.74. The molecule has 0 fully saturated rings. The molecule has 0 aliphatic carbocycles. The number of anilines is 2. The van der Waals surface area contributed by atoms with Gasteiger partial charge >= 0.3 is 0 Å². The maximum absolute atomic E-state index is 13.8. The van der Waals surface area contributed by atoms with Gasteiger partial charge in [-0.05, 0) is 56.5 Å². The number of carbonyl (C=O) groups excluding carboxylic acids is 1. The third kappa shape index (κ3) is 5.06. The van der Waals surface area contributed by atoms with E-state index in [1.807, 2.05) is 57.2 Å². The number of methoxy groups -OCH3 is 2. The van der Waals surface area contributed by atoms with Gasteiger partial charge in [0.15, 0.2) is 0 Å². The number of unbranched alkanes of at least 4 members (excludes halogenated alkanes) is 1. The Hall–Kier alpha value is -3.46. The second kappa shape index (κ2) is 11.1. The molecule has 0 bridgehead atoms. The predicted molar refractivity (Wildman–Crippen MR) is 144 cm³/mol. The van der Waals surface area contributed by atoms with Gasteiger partial charge in [0.1, 0.15) is 17.5 Å². The van der Waals surface area contributed by atoms with Gasteiger partial charge in [-0.3, -0.25) is 4.79 Å².